The molecule has 0 spiro atoms. The highest BCUT2D eigenvalue weighted by Crippen LogP contribution is 2.34. The molecule has 1 atom stereocenters. The molecule has 0 saturated heterocycles. The van der Waals surface area contributed by atoms with Gasteiger partial charge in [0, 0.05) is 24.2 Å². The summed E-state index contributed by atoms with van der Waals surface area (Å²) in [6, 6.07) is 8.59. The van der Waals surface area contributed by atoms with Gasteiger partial charge in [0.2, 0.25) is 0 Å². The summed E-state index contributed by atoms with van der Waals surface area (Å²) >= 11 is 5.86. The molecule has 17 heavy (non-hydrogen) atoms. The minimum Gasteiger partial charge on any atom is -0.329 e. The Balaban J connectivity index is 0.00000144. The van der Waals surface area contributed by atoms with Crippen molar-refractivity contribution in [2.24, 2.45) is 11.7 Å². The maximum atomic E-state index is 5.86. The summed E-state index contributed by atoms with van der Waals surface area (Å²) in [5.41, 5.74) is 7.13. The SMILES string of the molecule is CN(Cc1ccc(Cl)cc1)C(CN)C1CC1.Cl. The lowest BCUT2D eigenvalue weighted by Gasteiger charge is -2.27. The van der Waals surface area contributed by atoms with Gasteiger partial charge in [0.15, 0.2) is 0 Å². The van der Waals surface area contributed by atoms with E-state index in [-0.39, 0.29) is 12.4 Å². The fourth-order valence-corrected chi connectivity index (χ4v) is 2.33. The molecular formula is C13H20Cl2N2. The molecule has 0 heterocycles. The first-order valence-electron chi connectivity index (χ1n) is 5.85. The molecule has 1 unspecified atom stereocenters. The Kier molecular flexibility index (Phi) is 5.74. The summed E-state index contributed by atoms with van der Waals surface area (Å²) in [4.78, 5) is 2.36. The van der Waals surface area contributed by atoms with Crippen LogP contribution in [0.2, 0.25) is 5.02 Å². The average Bonchev–Trinajstić information content (AvgIpc) is 3.07. The zero-order valence-corrected chi connectivity index (χ0v) is 11.7. The molecule has 0 amide bonds. The molecule has 1 aromatic rings. The third-order valence-electron chi connectivity index (χ3n) is 3.32. The number of likely N-dealkylation sites (N-methyl/N-ethyl adjacent to an activating group) is 1. The molecule has 0 aliphatic heterocycles. The molecule has 2 N–H and O–H groups in total. The van der Waals surface area contributed by atoms with Crippen molar-refractivity contribution in [1.29, 1.82) is 0 Å². The Morgan fingerprint density at radius 1 is 1.35 bits per heavy atom. The van der Waals surface area contributed by atoms with Gasteiger partial charge in [-0.1, -0.05) is 23.7 Å². The lowest BCUT2D eigenvalue weighted by atomic mass is 10.1. The summed E-state index contributed by atoms with van der Waals surface area (Å²) < 4.78 is 0. The van der Waals surface area contributed by atoms with E-state index in [1.54, 1.807) is 0 Å². The van der Waals surface area contributed by atoms with Crippen LogP contribution in [0.4, 0.5) is 0 Å². The Morgan fingerprint density at radius 2 is 1.94 bits per heavy atom. The first-order chi connectivity index (χ1) is 7.70. The van der Waals surface area contributed by atoms with Gasteiger partial charge in [-0.2, -0.15) is 0 Å². The van der Waals surface area contributed by atoms with Crippen molar-refractivity contribution in [2.75, 3.05) is 13.6 Å². The molecule has 96 valence electrons. The van der Waals surface area contributed by atoms with Crippen molar-refractivity contribution in [2.45, 2.75) is 25.4 Å². The van der Waals surface area contributed by atoms with Gasteiger partial charge in [0.05, 0.1) is 0 Å². The second kappa shape index (κ2) is 6.60. The normalized spacial score (nSPS) is 16.7. The molecule has 0 aromatic heterocycles. The van der Waals surface area contributed by atoms with Crippen LogP contribution in [0, 0.1) is 5.92 Å². The molecule has 1 aliphatic carbocycles. The van der Waals surface area contributed by atoms with Crippen molar-refractivity contribution < 1.29 is 0 Å². The van der Waals surface area contributed by atoms with Gasteiger partial charge in [-0.25, -0.2) is 0 Å². The smallest absolute Gasteiger partial charge is 0.0406 e. The number of nitrogens with zero attached hydrogens (tertiary/aromatic N) is 1. The molecule has 1 aliphatic rings. The van der Waals surface area contributed by atoms with E-state index < -0.39 is 0 Å². The minimum absolute atomic E-state index is 0. The fourth-order valence-electron chi connectivity index (χ4n) is 2.21. The third-order valence-corrected chi connectivity index (χ3v) is 3.57. The van der Waals surface area contributed by atoms with E-state index in [1.165, 1.54) is 18.4 Å². The number of hydrogen-bond acceptors (Lipinski definition) is 2. The van der Waals surface area contributed by atoms with Crippen LogP contribution >= 0.6 is 24.0 Å². The van der Waals surface area contributed by atoms with Gasteiger partial charge < -0.3 is 5.73 Å². The lowest BCUT2D eigenvalue weighted by molar-refractivity contribution is 0.215. The van der Waals surface area contributed by atoms with E-state index in [0.29, 0.717) is 6.04 Å². The van der Waals surface area contributed by atoms with E-state index in [4.69, 9.17) is 17.3 Å². The van der Waals surface area contributed by atoms with Crippen LogP contribution in [0.5, 0.6) is 0 Å². The van der Waals surface area contributed by atoms with E-state index in [0.717, 1.165) is 24.0 Å². The summed E-state index contributed by atoms with van der Waals surface area (Å²) in [7, 11) is 2.16. The van der Waals surface area contributed by atoms with Crippen LogP contribution < -0.4 is 5.73 Å². The Labute approximate surface area is 115 Å². The zero-order valence-electron chi connectivity index (χ0n) is 10.1. The highest BCUT2D eigenvalue weighted by Gasteiger charge is 2.32. The molecule has 0 bridgehead atoms. The Bertz CT molecular complexity index is 336. The molecule has 1 saturated carbocycles. The Hall–Kier alpha value is -0.280. The highest BCUT2D eigenvalue weighted by atomic mass is 35.5. The van der Waals surface area contributed by atoms with Crippen LogP contribution in [-0.4, -0.2) is 24.5 Å². The van der Waals surface area contributed by atoms with E-state index in [1.807, 2.05) is 12.1 Å². The predicted octanol–water partition coefficient (Wildman–Crippen LogP) is 2.93. The number of halogens is 2. The van der Waals surface area contributed by atoms with Crippen LogP contribution in [-0.2, 0) is 6.54 Å². The molecule has 4 heteroatoms. The number of hydrogen-bond donors (Lipinski definition) is 1. The van der Waals surface area contributed by atoms with Crippen LogP contribution in [0.1, 0.15) is 18.4 Å². The Morgan fingerprint density at radius 3 is 2.41 bits per heavy atom. The third kappa shape index (κ3) is 4.14. The van der Waals surface area contributed by atoms with Crippen molar-refractivity contribution in [3.8, 4) is 0 Å². The van der Waals surface area contributed by atoms with Crippen molar-refractivity contribution in [3.63, 3.8) is 0 Å². The lowest BCUT2D eigenvalue weighted by Crippen LogP contribution is -2.39. The summed E-state index contributed by atoms with van der Waals surface area (Å²) in [5.74, 6) is 0.822. The van der Waals surface area contributed by atoms with Gasteiger partial charge in [-0.15, -0.1) is 12.4 Å². The predicted molar refractivity (Wildman–Crippen MR) is 75.7 cm³/mol. The van der Waals surface area contributed by atoms with Crippen molar-refractivity contribution >= 4 is 24.0 Å². The monoisotopic (exact) mass is 274 g/mol. The van der Waals surface area contributed by atoms with E-state index in [9.17, 15) is 0 Å². The van der Waals surface area contributed by atoms with Gasteiger partial charge in [-0.05, 0) is 43.5 Å². The summed E-state index contributed by atoms with van der Waals surface area (Å²) in [6.45, 7) is 1.71. The second-order valence-corrected chi connectivity index (χ2v) is 5.12. The van der Waals surface area contributed by atoms with Crippen molar-refractivity contribution in [1.82, 2.24) is 4.90 Å². The average molecular weight is 275 g/mol. The van der Waals surface area contributed by atoms with E-state index >= 15 is 0 Å². The van der Waals surface area contributed by atoms with Gasteiger partial charge >= 0.3 is 0 Å². The summed E-state index contributed by atoms with van der Waals surface area (Å²) in [5, 5.41) is 0.795. The topological polar surface area (TPSA) is 29.3 Å². The minimum atomic E-state index is 0. The molecule has 0 radical (unpaired) electrons. The van der Waals surface area contributed by atoms with Crippen molar-refractivity contribution in [3.05, 3.63) is 34.9 Å². The first kappa shape index (κ1) is 14.8. The van der Waals surface area contributed by atoms with Crippen LogP contribution in [0.3, 0.4) is 0 Å². The molecule has 1 aromatic carbocycles. The standard InChI is InChI=1S/C13H19ClN2.ClH/c1-16(13(8-15)11-4-5-11)9-10-2-6-12(14)7-3-10;/h2-3,6-7,11,13H,4-5,8-9,15H2,1H3;1H. The maximum absolute atomic E-state index is 5.86. The molecule has 1 fully saturated rings. The van der Waals surface area contributed by atoms with Gasteiger partial charge in [-0.3, -0.25) is 4.90 Å². The highest BCUT2D eigenvalue weighted by molar-refractivity contribution is 6.30. The zero-order chi connectivity index (χ0) is 11.5. The van der Waals surface area contributed by atoms with Crippen LogP contribution in [0.25, 0.3) is 0 Å². The fraction of sp³-hybridized carbons (Fsp3) is 0.538. The summed E-state index contributed by atoms with van der Waals surface area (Å²) in [6.07, 6.45) is 2.68. The molecule has 2 nitrogen and oxygen atoms in total. The largest absolute Gasteiger partial charge is 0.329 e. The van der Waals surface area contributed by atoms with Crippen LogP contribution in [0.15, 0.2) is 24.3 Å². The molecular weight excluding hydrogens is 255 g/mol. The first-order valence-corrected chi connectivity index (χ1v) is 6.23. The number of benzene rings is 1. The quantitative estimate of drug-likeness (QED) is 0.895. The van der Waals surface area contributed by atoms with Gasteiger partial charge in [0.1, 0.15) is 0 Å². The number of nitrogens with two attached hydrogens (primary N) is 1. The van der Waals surface area contributed by atoms with E-state index in [2.05, 4.69) is 24.1 Å². The maximum Gasteiger partial charge on any atom is 0.0406 e. The molecule has 2 rings (SSSR count). The number of rotatable bonds is 5. The van der Waals surface area contributed by atoms with Gasteiger partial charge in [0.25, 0.3) is 0 Å². The second-order valence-electron chi connectivity index (χ2n) is 4.68.